The van der Waals surface area contributed by atoms with E-state index in [2.05, 4.69) is 18.3 Å². The van der Waals surface area contributed by atoms with E-state index in [-0.39, 0.29) is 11.8 Å². The fourth-order valence-electron chi connectivity index (χ4n) is 5.29. The Morgan fingerprint density at radius 1 is 1.00 bits per heavy atom. The van der Waals surface area contributed by atoms with Gasteiger partial charge in [-0.05, 0) is 53.3 Å². The molecule has 0 spiro atoms. The second-order valence-electron chi connectivity index (χ2n) is 8.66. The fraction of sp³-hybridized carbons (Fsp3) is 0.286. The lowest BCUT2D eigenvalue weighted by atomic mass is 9.75. The summed E-state index contributed by atoms with van der Waals surface area (Å²) in [6.07, 6.45) is 1.56. The van der Waals surface area contributed by atoms with E-state index in [0.717, 1.165) is 29.7 Å². The highest BCUT2D eigenvalue weighted by Gasteiger charge is 2.47. The molecule has 0 radical (unpaired) electrons. The molecule has 0 aromatic heterocycles. The summed E-state index contributed by atoms with van der Waals surface area (Å²) in [5.74, 6) is 0.139. The largest absolute Gasteiger partial charge is 0.493 e. The van der Waals surface area contributed by atoms with Gasteiger partial charge in [-0.1, -0.05) is 49.4 Å². The molecule has 1 N–H and O–H groups in total. The van der Waals surface area contributed by atoms with E-state index in [4.69, 9.17) is 9.47 Å². The molecule has 0 saturated heterocycles. The van der Waals surface area contributed by atoms with Crippen LogP contribution in [0.1, 0.15) is 51.5 Å². The van der Waals surface area contributed by atoms with Gasteiger partial charge < -0.3 is 19.7 Å². The van der Waals surface area contributed by atoms with Crippen molar-refractivity contribution in [1.82, 2.24) is 4.90 Å². The number of aryl methyl sites for hydroxylation is 1. The number of amides is 2. The van der Waals surface area contributed by atoms with Crippen molar-refractivity contribution in [3.63, 3.8) is 0 Å². The van der Waals surface area contributed by atoms with Gasteiger partial charge in [0.1, 0.15) is 0 Å². The minimum Gasteiger partial charge on any atom is -0.493 e. The van der Waals surface area contributed by atoms with Crippen molar-refractivity contribution in [2.24, 2.45) is 0 Å². The Morgan fingerprint density at radius 2 is 1.71 bits per heavy atom. The fourth-order valence-corrected chi connectivity index (χ4v) is 5.29. The molecule has 6 heteroatoms. The Labute approximate surface area is 199 Å². The molecule has 0 bridgehead atoms. The number of nitrogens with one attached hydrogen (secondary N) is 1. The average Bonchev–Trinajstić information content (AvgIpc) is 2.88. The zero-order valence-electron chi connectivity index (χ0n) is 19.6. The van der Waals surface area contributed by atoms with Gasteiger partial charge in [-0.15, -0.1) is 0 Å². The van der Waals surface area contributed by atoms with Gasteiger partial charge in [0.05, 0.1) is 26.2 Å². The van der Waals surface area contributed by atoms with Crippen molar-refractivity contribution in [2.75, 3.05) is 26.1 Å². The predicted octanol–water partition coefficient (Wildman–Crippen LogP) is 4.74. The van der Waals surface area contributed by atoms with Crippen LogP contribution in [-0.2, 0) is 17.6 Å². The first kappa shape index (κ1) is 22.0. The summed E-state index contributed by atoms with van der Waals surface area (Å²) < 4.78 is 11.0. The molecule has 174 valence electrons. The third-order valence-electron chi connectivity index (χ3n) is 6.97. The number of carbonyl (C=O) groups excluding carboxylic acids is 2. The summed E-state index contributed by atoms with van der Waals surface area (Å²) in [6.45, 7) is 2.62. The summed E-state index contributed by atoms with van der Waals surface area (Å²) in [4.78, 5) is 29.5. The van der Waals surface area contributed by atoms with Gasteiger partial charge in [-0.25, -0.2) is 0 Å². The third kappa shape index (κ3) is 3.50. The number of hydrogen-bond donors (Lipinski definition) is 1. The zero-order chi connectivity index (χ0) is 23.8. The van der Waals surface area contributed by atoms with E-state index >= 15 is 0 Å². The number of rotatable bonds is 5. The van der Waals surface area contributed by atoms with E-state index in [1.165, 1.54) is 5.56 Å². The van der Waals surface area contributed by atoms with Crippen molar-refractivity contribution in [2.45, 2.75) is 31.7 Å². The lowest BCUT2D eigenvalue weighted by Gasteiger charge is -2.45. The van der Waals surface area contributed by atoms with Crippen LogP contribution in [0, 0.1) is 0 Å². The third-order valence-corrected chi connectivity index (χ3v) is 6.97. The van der Waals surface area contributed by atoms with Crippen molar-refractivity contribution in [3.05, 3.63) is 88.5 Å². The maximum Gasteiger partial charge on any atom is 0.254 e. The molecule has 6 nitrogen and oxygen atoms in total. The van der Waals surface area contributed by atoms with Crippen LogP contribution in [-0.4, -0.2) is 37.5 Å². The second-order valence-corrected chi connectivity index (χ2v) is 8.66. The van der Waals surface area contributed by atoms with Crippen molar-refractivity contribution in [3.8, 4) is 11.5 Å². The maximum atomic E-state index is 14.0. The van der Waals surface area contributed by atoms with Crippen LogP contribution in [0.5, 0.6) is 11.5 Å². The highest BCUT2D eigenvalue weighted by Crippen LogP contribution is 2.48. The summed E-state index contributed by atoms with van der Waals surface area (Å²) in [7, 11) is 3.10. The number of benzene rings is 3. The number of hydrogen-bond acceptors (Lipinski definition) is 4. The second kappa shape index (κ2) is 8.86. The SMILES string of the molecule is CCc1ccccc1NC(=O)[C@@H]1c2cc(OC)c(OC)cc2C(=O)N2CCc3ccccc3[C@@H]12. The van der Waals surface area contributed by atoms with E-state index < -0.39 is 12.0 Å². The average molecular weight is 457 g/mol. The number of nitrogens with zero attached hydrogens (tertiary/aromatic N) is 1. The van der Waals surface area contributed by atoms with E-state index in [1.54, 1.807) is 26.4 Å². The molecule has 0 unspecified atom stereocenters. The highest BCUT2D eigenvalue weighted by molar-refractivity contribution is 6.05. The van der Waals surface area contributed by atoms with Crippen molar-refractivity contribution in [1.29, 1.82) is 0 Å². The first-order valence-electron chi connectivity index (χ1n) is 11.6. The van der Waals surface area contributed by atoms with Crippen LogP contribution in [0.3, 0.4) is 0 Å². The number of para-hydroxylation sites is 1. The zero-order valence-corrected chi connectivity index (χ0v) is 19.6. The molecule has 2 aliphatic heterocycles. The Morgan fingerprint density at radius 3 is 2.47 bits per heavy atom. The van der Waals surface area contributed by atoms with Crippen LogP contribution in [0.15, 0.2) is 60.7 Å². The number of methoxy groups -OCH3 is 2. The molecule has 2 amide bonds. The topological polar surface area (TPSA) is 67.9 Å². The van der Waals surface area contributed by atoms with Gasteiger partial charge in [0.15, 0.2) is 11.5 Å². The van der Waals surface area contributed by atoms with E-state index in [1.807, 2.05) is 47.4 Å². The molecule has 0 saturated carbocycles. The van der Waals surface area contributed by atoms with Gasteiger partial charge in [-0.2, -0.15) is 0 Å². The Bertz CT molecular complexity index is 1270. The molecule has 2 atom stereocenters. The summed E-state index contributed by atoms with van der Waals surface area (Å²) in [5, 5.41) is 3.17. The Hall–Kier alpha value is -3.80. The first-order chi connectivity index (χ1) is 16.6. The van der Waals surface area contributed by atoms with Gasteiger partial charge in [0, 0.05) is 17.8 Å². The minimum atomic E-state index is -0.598. The van der Waals surface area contributed by atoms with Gasteiger partial charge in [-0.3, -0.25) is 9.59 Å². The number of ether oxygens (including phenoxy) is 2. The lowest BCUT2D eigenvalue weighted by molar-refractivity contribution is -0.119. The quantitative estimate of drug-likeness (QED) is 0.602. The lowest BCUT2D eigenvalue weighted by Crippen LogP contribution is -2.49. The van der Waals surface area contributed by atoms with Gasteiger partial charge in [0.25, 0.3) is 5.91 Å². The monoisotopic (exact) mass is 456 g/mol. The first-order valence-corrected chi connectivity index (χ1v) is 11.6. The van der Waals surface area contributed by atoms with Crippen molar-refractivity contribution < 1.29 is 19.1 Å². The standard InChI is InChI=1S/C28H28N2O4/c1-4-17-9-6-8-12-22(17)29-27(31)25-20-15-23(33-2)24(34-3)16-21(20)28(32)30-14-13-18-10-5-7-11-19(18)26(25)30/h5-12,15-16,25-26H,4,13-14H2,1-3H3,(H,29,31)/t25-,26+/m1/s1. The molecule has 2 heterocycles. The predicted molar refractivity (Wildman–Crippen MR) is 131 cm³/mol. The van der Waals surface area contributed by atoms with Crippen LogP contribution in [0.4, 0.5) is 5.69 Å². The molecule has 2 aliphatic rings. The van der Waals surface area contributed by atoms with E-state index in [9.17, 15) is 9.59 Å². The van der Waals surface area contributed by atoms with Crippen molar-refractivity contribution >= 4 is 17.5 Å². The van der Waals surface area contributed by atoms with Crippen LogP contribution in [0.25, 0.3) is 0 Å². The summed E-state index contributed by atoms with van der Waals surface area (Å²) in [5.41, 5.74) is 5.20. The van der Waals surface area contributed by atoms with Gasteiger partial charge in [0.2, 0.25) is 5.91 Å². The van der Waals surface area contributed by atoms with Crippen LogP contribution >= 0.6 is 0 Å². The number of carbonyl (C=O) groups is 2. The maximum absolute atomic E-state index is 14.0. The molecule has 5 rings (SSSR count). The molecule has 3 aromatic rings. The molecule has 0 aliphatic carbocycles. The Kier molecular flexibility index (Phi) is 5.74. The Balaban J connectivity index is 1.68. The van der Waals surface area contributed by atoms with E-state index in [0.29, 0.717) is 29.2 Å². The molecule has 0 fully saturated rings. The normalized spacial score (nSPS) is 18.4. The van der Waals surface area contributed by atoms with Gasteiger partial charge >= 0.3 is 0 Å². The van der Waals surface area contributed by atoms with Crippen LogP contribution in [0.2, 0.25) is 0 Å². The van der Waals surface area contributed by atoms with Crippen LogP contribution < -0.4 is 14.8 Å². The minimum absolute atomic E-state index is 0.0894. The molecular formula is C28H28N2O4. The highest BCUT2D eigenvalue weighted by atomic mass is 16.5. The molecular weight excluding hydrogens is 428 g/mol. The summed E-state index contributed by atoms with van der Waals surface area (Å²) >= 11 is 0. The summed E-state index contributed by atoms with van der Waals surface area (Å²) in [6, 6.07) is 19.0. The smallest absolute Gasteiger partial charge is 0.254 e. The number of fused-ring (bicyclic) bond motifs is 4. The molecule has 34 heavy (non-hydrogen) atoms. The number of anilines is 1. The molecule has 3 aromatic carbocycles.